The van der Waals surface area contributed by atoms with E-state index in [1.165, 1.54) is 12.0 Å². The molecule has 1 aliphatic heterocycles. The van der Waals surface area contributed by atoms with Gasteiger partial charge in [-0.05, 0) is 41.8 Å². The van der Waals surface area contributed by atoms with E-state index in [2.05, 4.69) is 11.6 Å². The van der Waals surface area contributed by atoms with Crippen LogP contribution in [0.25, 0.3) is 10.9 Å². The van der Waals surface area contributed by atoms with E-state index in [0.29, 0.717) is 24.5 Å². The number of para-hydroxylation sites is 1. The second-order valence-electron chi connectivity index (χ2n) is 8.30. The Morgan fingerprint density at radius 2 is 1.94 bits per heavy atom. The monoisotopic (exact) mass is 482 g/mol. The minimum absolute atomic E-state index is 0.267. The highest BCUT2D eigenvalue weighted by Gasteiger charge is 2.44. The van der Waals surface area contributed by atoms with Crippen LogP contribution in [0.4, 0.5) is 0 Å². The number of methoxy groups -OCH3 is 2. The predicted molar refractivity (Wildman–Crippen MR) is 131 cm³/mol. The summed E-state index contributed by atoms with van der Waals surface area (Å²) in [7, 11) is 2.88. The van der Waals surface area contributed by atoms with Crippen molar-refractivity contribution in [1.82, 2.24) is 9.88 Å². The minimum Gasteiger partial charge on any atom is -0.493 e. The summed E-state index contributed by atoms with van der Waals surface area (Å²) < 4.78 is 16.5. The second kappa shape index (κ2) is 9.81. The number of carbonyl (C=O) groups is 2. The molecule has 0 bridgehead atoms. The topological polar surface area (TPSA) is 80.9 Å². The number of amides is 1. The molecule has 3 aromatic rings. The number of alkyl halides is 1. The molecule has 34 heavy (non-hydrogen) atoms. The van der Waals surface area contributed by atoms with Crippen LogP contribution in [0.2, 0.25) is 0 Å². The number of ether oxygens (including phenoxy) is 3. The number of aromatic nitrogens is 1. The van der Waals surface area contributed by atoms with Gasteiger partial charge in [0, 0.05) is 23.0 Å². The Morgan fingerprint density at radius 3 is 2.62 bits per heavy atom. The largest absolute Gasteiger partial charge is 0.493 e. The van der Waals surface area contributed by atoms with E-state index in [1.807, 2.05) is 43.3 Å². The van der Waals surface area contributed by atoms with Gasteiger partial charge < -0.3 is 24.1 Å². The van der Waals surface area contributed by atoms with Crippen LogP contribution in [0.1, 0.15) is 29.8 Å². The molecule has 0 fully saturated rings. The Balaban J connectivity index is 1.91. The fraction of sp³-hybridized carbons (Fsp3) is 0.308. The third-order valence-electron chi connectivity index (χ3n) is 5.98. The standard InChI is InChI=1S/C26H27ClN2O5/c1-15(2)14-34-21-10-9-16(11-22(21)32-3)25-24-18(17-7-5-6-8-19(17)28-24)12-20(26(31)33-4)29(25)23(30)13-27/h5-11,20,25,28H,1,12-14H2,2-4H3/t20-,25+/m0/s1. The van der Waals surface area contributed by atoms with Crippen molar-refractivity contribution < 1.29 is 23.8 Å². The Labute approximate surface area is 203 Å². The van der Waals surface area contributed by atoms with Crippen LogP contribution in [0.5, 0.6) is 11.5 Å². The normalized spacial score (nSPS) is 17.2. The van der Waals surface area contributed by atoms with Crippen LogP contribution in [0, 0.1) is 0 Å². The van der Waals surface area contributed by atoms with Crippen molar-refractivity contribution >= 4 is 34.4 Å². The van der Waals surface area contributed by atoms with Crippen molar-refractivity contribution in [2.45, 2.75) is 25.4 Å². The quantitative estimate of drug-likeness (QED) is 0.307. The molecule has 7 nitrogen and oxygen atoms in total. The van der Waals surface area contributed by atoms with Crippen molar-refractivity contribution in [2.75, 3.05) is 26.7 Å². The maximum atomic E-state index is 13.1. The van der Waals surface area contributed by atoms with E-state index in [0.717, 1.165) is 33.3 Å². The second-order valence-corrected chi connectivity index (χ2v) is 8.57. The van der Waals surface area contributed by atoms with Crippen molar-refractivity contribution in [3.8, 4) is 11.5 Å². The van der Waals surface area contributed by atoms with Gasteiger partial charge in [-0.1, -0.05) is 30.8 Å². The molecular formula is C26H27ClN2O5. The summed E-state index contributed by atoms with van der Waals surface area (Å²) in [6.07, 6.45) is 0.322. The first-order valence-corrected chi connectivity index (χ1v) is 11.4. The third kappa shape index (κ3) is 4.23. The van der Waals surface area contributed by atoms with E-state index in [9.17, 15) is 9.59 Å². The molecule has 1 aromatic heterocycles. The van der Waals surface area contributed by atoms with Gasteiger partial charge in [0.15, 0.2) is 11.5 Å². The summed E-state index contributed by atoms with van der Waals surface area (Å²) in [5.74, 6) is -0.0616. The van der Waals surface area contributed by atoms with E-state index in [1.54, 1.807) is 13.2 Å². The first kappa shape index (κ1) is 23.7. The molecule has 2 heterocycles. The highest BCUT2D eigenvalue weighted by molar-refractivity contribution is 6.27. The average Bonchev–Trinajstić information content (AvgIpc) is 3.23. The lowest BCUT2D eigenvalue weighted by Crippen LogP contribution is -2.52. The zero-order valence-electron chi connectivity index (χ0n) is 19.4. The van der Waals surface area contributed by atoms with Crippen LogP contribution in [-0.4, -0.2) is 54.5 Å². The van der Waals surface area contributed by atoms with Crippen LogP contribution >= 0.6 is 11.6 Å². The lowest BCUT2D eigenvalue weighted by molar-refractivity contribution is -0.154. The number of nitrogens with one attached hydrogen (secondary N) is 1. The molecule has 0 saturated heterocycles. The zero-order valence-corrected chi connectivity index (χ0v) is 20.1. The predicted octanol–water partition coefficient (Wildman–Crippen LogP) is 4.39. The van der Waals surface area contributed by atoms with Gasteiger partial charge in [0.1, 0.15) is 18.5 Å². The molecule has 0 unspecified atom stereocenters. The molecule has 1 N–H and O–H groups in total. The molecule has 178 valence electrons. The fourth-order valence-corrected chi connectivity index (χ4v) is 4.64. The van der Waals surface area contributed by atoms with Crippen LogP contribution in [0.15, 0.2) is 54.6 Å². The third-order valence-corrected chi connectivity index (χ3v) is 6.21. The SMILES string of the molecule is C=C(C)COc1ccc([C@@H]2c3[nH]c4ccccc4c3C[C@@H](C(=O)OC)N2C(=O)CCl)cc1OC. The summed E-state index contributed by atoms with van der Waals surface area (Å²) in [5, 5.41) is 1.00. The number of nitrogens with zero attached hydrogens (tertiary/aromatic N) is 1. The lowest BCUT2D eigenvalue weighted by atomic mass is 9.87. The lowest BCUT2D eigenvalue weighted by Gasteiger charge is -2.40. The first-order chi connectivity index (χ1) is 16.4. The Kier molecular flexibility index (Phi) is 6.84. The number of rotatable bonds is 7. The summed E-state index contributed by atoms with van der Waals surface area (Å²) in [4.78, 5) is 30.9. The van der Waals surface area contributed by atoms with E-state index < -0.39 is 18.1 Å². The van der Waals surface area contributed by atoms with Gasteiger partial charge in [-0.25, -0.2) is 4.79 Å². The van der Waals surface area contributed by atoms with Crippen LogP contribution < -0.4 is 9.47 Å². The van der Waals surface area contributed by atoms with Crippen LogP contribution in [-0.2, 0) is 20.7 Å². The first-order valence-electron chi connectivity index (χ1n) is 10.9. The van der Waals surface area contributed by atoms with E-state index in [4.69, 9.17) is 25.8 Å². The van der Waals surface area contributed by atoms with Gasteiger partial charge in [0.25, 0.3) is 0 Å². The highest BCUT2D eigenvalue weighted by Crippen LogP contribution is 2.43. The van der Waals surface area contributed by atoms with Gasteiger partial charge in [-0.3, -0.25) is 4.79 Å². The molecule has 0 radical (unpaired) electrons. The average molecular weight is 483 g/mol. The van der Waals surface area contributed by atoms with Gasteiger partial charge in [0.2, 0.25) is 5.91 Å². The number of carbonyl (C=O) groups excluding carboxylic acids is 2. The maximum Gasteiger partial charge on any atom is 0.328 e. The number of fused-ring (bicyclic) bond motifs is 3. The van der Waals surface area contributed by atoms with E-state index >= 15 is 0 Å². The van der Waals surface area contributed by atoms with Gasteiger partial charge >= 0.3 is 5.97 Å². The molecule has 2 aromatic carbocycles. The summed E-state index contributed by atoms with van der Waals surface area (Å²) in [6, 6.07) is 11.9. The Hall–Kier alpha value is -3.45. The number of H-pyrrole nitrogens is 1. The maximum absolute atomic E-state index is 13.1. The molecule has 1 amide bonds. The van der Waals surface area contributed by atoms with Crippen molar-refractivity contribution in [3.63, 3.8) is 0 Å². The number of hydrogen-bond donors (Lipinski definition) is 1. The zero-order chi connectivity index (χ0) is 24.4. The van der Waals surface area contributed by atoms with Gasteiger partial charge in [0.05, 0.1) is 20.3 Å². The van der Waals surface area contributed by atoms with E-state index in [-0.39, 0.29) is 11.8 Å². The number of halogens is 1. The molecular weight excluding hydrogens is 456 g/mol. The summed E-state index contributed by atoms with van der Waals surface area (Å²) in [5.41, 5.74) is 4.35. The molecule has 4 rings (SSSR count). The van der Waals surface area contributed by atoms with Crippen molar-refractivity contribution in [1.29, 1.82) is 0 Å². The minimum atomic E-state index is -0.821. The number of benzene rings is 2. The molecule has 2 atom stereocenters. The van der Waals surface area contributed by atoms with Crippen molar-refractivity contribution in [3.05, 3.63) is 71.4 Å². The van der Waals surface area contributed by atoms with Crippen molar-refractivity contribution in [2.24, 2.45) is 0 Å². The summed E-state index contributed by atoms with van der Waals surface area (Å²) >= 11 is 6.01. The highest BCUT2D eigenvalue weighted by atomic mass is 35.5. The molecule has 0 spiro atoms. The van der Waals surface area contributed by atoms with Crippen LogP contribution in [0.3, 0.4) is 0 Å². The Morgan fingerprint density at radius 1 is 1.18 bits per heavy atom. The molecule has 8 heteroatoms. The van der Waals surface area contributed by atoms with Gasteiger partial charge in [-0.2, -0.15) is 0 Å². The van der Waals surface area contributed by atoms with Gasteiger partial charge in [-0.15, -0.1) is 11.6 Å². The molecule has 0 aliphatic carbocycles. The fourth-order valence-electron chi connectivity index (χ4n) is 4.51. The number of hydrogen-bond acceptors (Lipinski definition) is 5. The molecule has 0 saturated carbocycles. The Bertz CT molecular complexity index is 1250. The smallest absolute Gasteiger partial charge is 0.328 e. The molecule has 1 aliphatic rings. The summed E-state index contributed by atoms with van der Waals surface area (Å²) in [6.45, 7) is 6.10. The number of aromatic amines is 1. The number of esters is 1.